The van der Waals surface area contributed by atoms with Crippen LogP contribution in [0, 0.1) is 0 Å². The molecule has 3 rings (SSSR count). The summed E-state index contributed by atoms with van der Waals surface area (Å²) in [6.07, 6.45) is 2.16. The third-order valence-electron chi connectivity index (χ3n) is 4.86. The Morgan fingerprint density at radius 1 is 1.30 bits per heavy atom. The Morgan fingerprint density at radius 2 is 2.04 bits per heavy atom. The van der Waals surface area contributed by atoms with Crippen LogP contribution in [0.3, 0.4) is 0 Å². The second-order valence-electron chi connectivity index (χ2n) is 6.65. The van der Waals surface area contributed by atoms with Gasteiger partial charge < -0.3 is 10.1 Å². The van der Waals surface area contributed by atoms with Crippen molar-refractivity contribution < 1.29 is 14.3 Å². The van der Waals surface area contributed by atoms with Gasteiger partial charge in [0.2, 0.25) is 0 Å². The van der Waals surface area contributed by atoms with E-state index in [-0.39, 0.29) is 11.8 Å². The molecule has 27 heavy (non-hydrogen) atoms. The monoisotopic (exact) mass is 405 g/mol. The second-order valence-corrected chi connectivity index (χ2v) is 8.48. The van der Waals surface area contributed by atoms with Crippen molar-refractivity contribution in [1.82, 2.24) is 5.32 Å². The van der Waals surface area contributed by atoms with Crippen molar-refractivity contribution in [3.63, 3.8) is 0 Å². The Bertz CT molecular complexity index is 798. The first kappa shape index (κ1) is 20.0. The summed E-state index contributed by atoms with van der Waals surface area (Å²) in [7, 11) is 0. The van der Waals surface area contributed by atoms with Crippen molar-refractivity contribution in [2.75, 3.05) is 18.1 Å². The molecule has 0 spiro atoms. The van der Waals surface area contributed by atoms with Gasteiger partial charge in [-0.15, -0.1) is 0 Å². The minimum Gasteiger partial charge on any atom is -0.461 e. The van der Waals surface area contributed by atoms with Crippen molar-refractivity contribution in [2.24, 2.45) is 0 Å². The van der Waals surface area contributed by atoms with Gasteiger partial charge in [0.1, 0.15) is 6.61 Å². The van der Waals surface area contributed by atoms with Crippen molar-refractivity contribution >= 4 is 35.1 Å². The average molecular weight is 406 g/mol. The number of ether oxygens (including phenoxy) is 1. The highest BCUT2D eigenvalue weighted by atomic mass is 35.5. The third kappa shape index (κ3) is 4.41. The maximum absolute atomic E-state index is 12.9. The molecular formula is C21H24ClNO3S. The molecule has 1 heterocycles. The minimum atomic E-state index is -0.405. The zero-order valence-corrected chi connectivity index (χ0v) is 17.2. The Kier molecular flexibility index (Phi) is 6.66. The molecule has 0 bridgehead atoms. The molecule has 0 amide bonds. The maximum atomic E-state index is 12.9. The van der Waals surface area contributed by atoms with E-state index >= 15 is 0 Å². The number of halogens is 1. The van der Waals surface area contributed by atoms with Crippen LogP contribution in [0.5, 0.6) is 0 Å². The van der Waals surface area contributed by atoms with Crippen LogP contribution < -0.4 is 5.32 Å². The van der Waals surface area contributed by atoms with Gasteiger partial charge in [0.15, 0.2) is 5.78 Å². The smallest absolute Gasteiger partial charge is 0.336 e. The number of benzene rings is 1. The molecule has 0 aromatic heterocycles. The first-order valence-corrected chi connectivity index (χ1v) is 10.8. The van der Waals surface area contributed by atoms with E-state index in [1.165, 1.54) is 0 Å². The first-order valence-electron chi connectivity index (χ1n) is 9.27. The molecule has 6 heteroatoms. The van der Waals surface area contributed by atoms with E-state index in [0.29, 0.717) is 29.2 Å². The molecule has 0 radical (unpaired) electrons. The van der Waals surface area contributed by atoms with E-state index in [0.717, 1.165) is 41.3 Å². The number of rotatable bonds is 6. The molecule has 1 unspecified atom stereocenters. The van der Waals surface area contributed by atoms with Crippen molar-refractivity contribution in [3.8, 4) is 0 Å². The van der Waals surface area contributed by atoms with E-state index < -0.39 is 5.92 Å². The van der Waals surface area contributed by atoms with Gasteiger partial charge in [-0.25, -0.2) is 4.79 Å². The zero-order chi connectivity index (χ0) is 19.4. The average Bonchev–Trinajstić information content (AvgIpc) is 2.65. The Morgan fingerprint density at radius 3 is 2.74 bits per heavy atom. The fourth-order valence-electron chi connectivity index (χ4n) is 3.66. The van der Waals surface area contributed by atoms with Crippen LogP contribution in [0.4, 0.5) is 0 Å². The van der Waals surface area contributed by atoms with Gasteiger partial charge in [-0.3, -0.25) is 4.79 Å². The number of hydrogen-bond donors (Lipinski definition) is 1. The highest BCUT2D eigenvalue weighted by molar-refractivity contribution is 7.99. The molecule has 144 valence electrons. The van der Waals surface area contributed by atoms with Gasteiger partial charge >= 0.3 is 5.97 Å². The van der Waals surface area contributed by atoms with Crippen LogP contribution in [-0.4, -0.2) is 29.9 Å². The number of nitrogens with one attached hydrogen (secondary N) is 1. The van der Waals surface area contributed by atoms with Gasteiger partial charge in [-0.1, -0.05) is 30.7 Å². The van der Waals surface area contributed by atoms with Crippen molar-refractivity contribution in [1.29, 1.82) is 0 Å². The molecular weight excluding hydrogens is 382 g/mol. The highest BCUT2D eigenvalue weighted by Crippen LogP contribution is 2.42. The van der Waals surface area contributed by atoms with Crippen LogP contribution in [0.1, 0.15) is 44.6 Å². The molecule has 1 aromatic carbocycles. The molecule has 1 aromatic rings. The number of carbonyl (C=O) groups is 2. The summed E-state index contributed by atoms with van der Waals surface area (Å²) in [6.45, 7) is 4.31. The summed E-state index contributed by atoms with van der Waals surface area (Å²) < 4.78 is 5.53. The van der Waals surface area contributed by atoms with E-state index in [4.69, 9.17) is 16.3 Å². The molecule has 1 atom stereocenters. The quantitative estimate of drug-likeness (QED) is 0.553. The van der Waals surface area contributed by atoms with Crippen LogP contribution >= 0.6 is 23.4 Å². The Labute approximate surface area is 169 Å². The summed E-state index contributed by atoms with van der Waals surface area (Å²) >= 11 is 7.77. The molecule has 4 nitrogen and oxygen atoms in total. The largest absolute Gasteiger partial charge is 0.461 e. The summed E-state index contributed by atoms with van der Waals surface area (Å²) in [5.74, 6) is 1.08. The van der Waals surface area contributed by atoms with Crippen LogP contribution in [0.15, 0.2) is 46.8 Å². The fraction of sp³-hybridized carbons (Fsp3) is 0.429. The first-order chi connectivity index (χ1) is 13.0. The second kappa shape index (κ2) is 8.98. The summed E-state index contributed by atoms with van der Waals surface area (Å²) in [6, 6.07) is 7.36. The summed E-state index contributed by atoms with van der Waals surface area (Å²) in [5, 5.41) is 3.92. The lowest BCUT2D eigenvalue weighted by Gasteiger charge is -2.34. The standard InChI is InChI=1S/C21H24ClNO3S/c1-3-27-12-11-26-21(25)18-13(2)23-16-5-4-6-17(24)20(16)19(18)14-7-9-15(22)10-8-14/h7-10,19,23H,3-6,11-12H2,1-2H3. The summed E-state index contributed by atoms with van der Waals surface area (Å²) in [5.41, 5.74) is 3.80. The molecule has 0 saturated carbocycles. The highest BCUT2D eigenvalue weighted by Gasteiger charge is 2.38. The number of carbonyl (C=O) groups excluding carboxylic acids is 2. The summed E-state index contributed by atoms with van der Waals surface area (Å²) in [4.78, 5) is 25.7. The molecule has 0 saturated heterocycles. The lowest BCUT2D eigenvalue weighted by atomic mass is 9.75. The molecule has 0 fully saturated rings. The van der Waals surface area contributed by atoms with Gasteiger partial charge in [0.25, 0.3) is 0 Å². The molecule has 1 N–H and O–H groups in total. The van der Waals surface area contributed by atoms with Crippen LogP contribution in [0.2, 0.25) is 5.02 Å². The molecule has 2 aliphatic rings. The SMILES string of the molecule is CCSCCOC(=O)C1=C(C)NC2=C(C(=O)CCC2)C1c1ccc(Cl)cc1. The number of ketones is 1. The zero-order valence-electron chi connectivity index (χ0n) is 15.6. The van der Waals surface area contributed by atoms with E-state index in [2.05, 4.69) is 12.2 Å². The van der Waals surface area contributed by atoms with Crippen molar-refractivity contribution in [2.45, 2.75) is 39.0 Å². The number of thioether (sulfide) groups is 1. The normalized spacial score (nSPS) is 19.7. The number of esters is 1. The predicted octanol–water partition coefficient (Wildman–Crippen LogP) is 4.60. The number of dihydropyridines is 1. The predicted molar refractivity (Wildman–Crippen MR) is 110 cm³/mol. The van der Waals surface area contributed by atoms with E-state index in [1.54, 1.807) is 23.9 Å². The third-order valence-corrected chi connectivity index (χ3v) is 5.98. The van der Waals surface area contributed by atoms with Gasteiger partial charge in [-0.05, 0) is 43.2 Å². The van der Waals surface area contributed by atoms with Gasteiger partial charge in [0, 0.05) is 40.1 Å². The number of Topliss-reactive ketones (excluding diaryl/α,β-unsaturated/α-hetero) is 1. The Hall–Kier alpha value is -1.72. The maximum Gasteiger partial charge on any atom is 0.336 e. The number of hydrogen-bond acceptors (Lipinski definition) is 5. The molecule has 1 aliphatic carbocycles. The number of allylic oxidation sites excluding steroid dienone is 3. The van der Waals surface area contributed by atoms with Crippen LogP contribution in [-0.2, 0) is 14.3 Å². The van der Waals surface area contributed by atoms with Crippen molar-refractivity contribution in [3.05, 3.63) is 57.4 Å². The Balaban J connectivity index is 1.97. The topological polar surface area (TPSA) is 55.4 Å². The van der Waals surface area contributed by atoms with Gasteiger partial charge in [0.05, 0.1) is 5.57 Å². The molecule has 1 aliphatic heterocycles. The van der Waals surface area contributed by atoms with E-state index in [1.807, 2.05) is 19.1 Å². The van der Waals surface area contributed by atoms with Crippen LogP contribution in [0.25, 0.3) is 0 Å². The van der Waals surface area contributed by atoms with E-state index in [9.17, 15) is 9.59 Å². The van der Waals surface area contributed by atoms with Gasteiger partial charge in [-0.2, -0.15) is 11.8 Å². The fourth-order valence-corrected chi connectivity index (χ4v) is 4.27. The minimum absolute atomic E-state index is 0.100. The lowest BCUT2D eigenvalue weighted by Crippen LogP contribution is -2.34. The lowest BCUT2D eigenvalue weighted by molar-refractivity contribution is -0.138.